The number of halogens is 2. The molecule has 1 saturated heterocycles. The van der Waals surface area contributed by atoms with E-state index in [2.05, 4.69) is 5.32 Å². The Morgan fingerprint density at radius 3 is 2.67 bits per heavy atom. The summed E-state index contributed by atoms with van der Waals surface area (Å²) in [7, 11) is 0. The molecule has 1 heterocycles. The summed E-state index contributed by atoms with van der Waals surface area (Å²) >= 11 is 0. The molecule has 6 nitrogen and oxygen atoms in total. The summed E-state index contributed by atoms with van der Waals surface area (Å²) in [6.07, 6.45) is 1.50. The normalized spacial score (nSPS) is 15.7. The molecule has 1 N–H and O–H groups in total. The maximum Gasteiger partial charge on any atom is 0.305 e. The molecule has 1 aliphatic rings. The second kappa shape index (κ2) is 6.57. The van der Waals surface area contributed by atoms with Crippen molar-refractivity contribution in [2.24, 2.45) is 5.92 Å². The molecule has 0 atom stereocenters. The van der Waals surface area contributed by atoms with Gasteiger partial charge in [-0.15, -0.1) is 0 Å². The van der Waals surface area contributed by atoms with Crippen LogP contribution in [-0.4, -0.2) is 30.6 Å². The molecular formula is C13H14F2N2O4. The van der Waals surface area contributed by atoms with Crippen molar-refractivity contribution in [2.45, 2.75) is 12.8 Å². The van der Waals surface area contributed by atoms with Crippen LogP contribution < -0.4 is 5.32 Å². The Morgan fingerprint density at radius 1 is 1.38 bits per heavy atom. The van der Waals surface area contributed by atoms with Crippen molar-refractivity contribution >= 4 is 11.6 Å². The number of nitrogens with one attached hydrogen (secondary N) is 1. The molecule has 0 aliphatic carbocycles. The van der Waals surface area contributed by atoms with Gasteiger partial charge in [-0.2, -0.15) is 4.39 Å². The molecule has 0 spiro atoms. The quantitative estimate of drug-likeness (QED) is 0.681. The third-order valence-corrected chi connectivity index (χ3v) is 3.39. The minimum Gasteiger partial charge on any atom is -0.381 e. The highest BCUT2D eigenvalue weighted by Crippen LogP contribution is 2.23. The first-order chi connectivity index (χ1) is 10.0. The molecule has 0 radical (unpaired) electrons. The van der Waals surface area contributed by atoms with Gasteiger partial charge in [-0.1, -0.05) is 0 Å². The van der Waals surface area contributed by atoms with E-state index >= 15 is 0 Å². The summed E-state index contributed by atoms with van der Waals surface area (Å²) in [5.41, 5.74) is -1.84. The predicted molar refractivity (Wildman–Crippen MR) is 68.9 cm³/mol. The molecule has 0 bridgehead atoms. The maximum atomic E-state index is 13.8. The van der Waals surface area contributed by atoms with Gasteiger partial charge in [-0.3, -0.25) is 14.9 Å². The van der Waals surface area contributed by atoms with Crippen LogP contribution in [-0.2, 0) is 4.74 Å². The lowest BCUT2D eigenvalue weighted by atomic mass is 10.0. The SMILES string of the molecule is O=C(NCC1CCOCC1)c1c(F)ccc([N+](=O)[O-])c1F. The molecule has 1 aromatic carbocycles. The van der Waals surface area contributed by atoms with Gasteiger partial charge in [0, 0.05) is 25.8 Å². The van der Waals surface area contributed by atoms with E-state index in [1.165, 1.54) is 0 Å². The highest BCUT2D eigenvalue weighted by atomic mass is 19.1. The zero-order valence-corrected chi connectivity index (χ0v) is 11.1. The summed E-state index contributed by atoms with van der Waals surface area (Å²) in [5.74, 6) is -3.39. The van der Waals surface area contributed by atoms with Gasteiger partial charge in [0.05, 0.1) is 4.92 Å². The van der Waals surface area contributed by atoms with Gasteiger partial charge in [-0.25, -0.2) is 4.39 Å². The second-order valence-corrected chi connectivity index (χ2v) is 4.78. The van der Waals surface area contributed by atoms with Crippen molar-refractivity contribution in [1.29, 1.82) is 0 Å². The van der Waals surface area contributed by atoms with Crippen molar-refractivity contribution in [3.8, 4) is 0 Å². The molecule has 2 rings (SSSR count). The van der Waals surface area contributed by atoms with Gasteiger partial charge in [0.1, 0.15) is 11.4 Å². The second-order valence-electron chi connectivity index (χ2n) is 4.78. The average Bonchev–Trinajstić information content (AvgIpc) is 2.46. The molecule has 1 amide bonds. The summed E-state index contributed by atoms with van der Waals surface area (Å²) in [4.78, 5) is 21.5. The van der Waals surface area contributed by atoms with Crippen LogP contribution in [0.5, 0.6) is 0 Å². The predicted octanol–water partition coefficient (Wildman–Crippen LogP) is 2.03. The number of carbonyl (C=O) groups is 1. The van der Waals surface area contributed by atoms with Crippen LogP contribution in [0.15, 0.2) is 12.1 Å². The van der Waals surface area contributed by atoms with Crippen LogP contribution in [0.3, 0.4) is 0 Å². The number of carbonyl (C=O) groups excluding carboxylic acids is 1. The number of ether oxygens (including phenoxy) is 1. The third-order valence-electron chi connectivity index (χ3n) is 3.39. The van der Waals surface area contributed by atoms with E-state index in [0.717, 1.165) is 12.8 Å². The number of nitrogens with zero attached hydrogens (tertiary/aromatic N) is 1. The topological polar surface area (TPSA) is 81.5 Å². The Hall–Kier alpha value is -2.09. The summed E-state index contributed by atoms with van der Waals surface area (Å²) in [6, 6.07) is 1.41. The van der Waals surface area contributed by atoms with E-state index in [1.54, 1.807) is 0 Å². The largest absolute Gasteiger partial charge is 0.381 e. The zero-order valence-electron chi connectivity index (χ0n) is 11.1. The lowest BCUT2D eigenvalue weighted by Gasteiger charge is -2.22. The molecule has 114 valence electrons. The monoisotopic (exact) mass is 300 g/mol. The number of nitro groups is 1. The van der Waals surface area contributed by atoms with Gasteiger partial charge >= 0.3 is 5.69 Å². The van der Waals surface area contributed by atoms with E-state index in [1.807, 2.05) is 0 Å². The fraction of sp³-hybridized carbons (Fsp3) is 0.462. The van der Waals surface area contributed by atoms with Crippen LogP contribution in [0.1, 0.15) is 23.2 Å². The molecule has 21 heavy (non-hydrogen) atoms. The van der Waals surface area contributed by atoms with Crippen molar-refractivity contribution in [3.63, 3.8) is 0 Å². The minimum absolute atomic E-state index is 0.174. The first-order valence-corrected chi connectivity index (χ1v) is 6.49. The Labute approximate surface area is 119 Å². The average molecular weight is 300 g/mol. The van der Waals surface area contributed by atoms with E-state index in [4.69, 9.17) is 4.74 Å². The minimum atomic E-state index is -1.45. The Bertz CT molecular complexity index is 559. The van der Waals surface area contributed by atoms with E-state index < -0.39 is 33.7 Å². The number of rotatable bonds is 4. The molecule has 0 saturated carbocycles. The van der Waals surface area contributed by atoms with Crippen molar-refractivity contribution < 1.29 is 23.2 Å². The highest BCUT2D eigenvalue weighted by molar-refractivity contribution is 5.95. The van der Waals surface area contributed by atoms with Crippen LogP contribution in [0.4, 0.5) is 14.5 Å². The summed E-state index contributed by atoms with van der Waals surface area (Å²) in [5, 5.41) is 13.0. The highest BCUT2D eigenvalue weighted by Gasteiger charge is 2.26. The summed E-state index contributed by atoms with van der Waals surface area (Å²) < 4.78 is 32.6. The number of hydrogen-bond donors (Lipinski definition) is 1. The number of hydrogen-bond acceptors (Lipinski definition) is 4. The fourth-order valence-corrected chi connectivity index (χ4v) is 2.17. The van der Waals surface area contributed by atoms with Crippen LogP contribution in [0.2, 0.25) is 0 Å². The molecular weight excluding hydrogens is 286 g/mol. The summed E-state index contributed by atoms with van der Waals surface area (Å²) in [6.45, 7) is 1.42. The molecule has 0 unspecified atom stereocenters. The smallest absolute Gasteiger partial charge is 0.305 e. The lowest BCUT2D eigenvalue weighted by Crippen LogP contribution is -2.33. The molecule has 1 aromatic rings. The first kappa shape index (κ1) is 15.3. The van der Waals surface area contributed by atoms with Crippen molar-refractivity contribution in [1.82, 2.24) is 5.32 Å². The van der Waals surface area contributed by atoms with Crippen molar-refractivity contribution in [3.05, 3.63) is 39.4 Å². The molecule has 1 fully saturated rings. The Morgan fingerprint density at radius 2 is 2.05 bits per heavy atom. The van der Waals surface area contributed by atoms with Gasteiger partial charge in [0.2, 0.25) is 5.82 Å². The Balaban J connectivity index is 2.11. The van der Waals surface area contributed by atoms with Gasteiger partial charge < -0.3 is 10.1 Å². The fourth-order valence-electron chi connectivity index (χ4n) is 2.17. The standard InChI is InChI=1S/C13H14F2N2O4/c14-9-1-2-10(17(19)20)12(15)11(9)13(18)16-7-8-3-5-21-6-4-8/h1-2,8H,3-7H2,(H,16,18). The zero-order chi connectivity index (χ0) is 15.4. The van der Waals surface area contributed by atoms with E-state index in [9.17, 15) is 23.7 Å². The Kier molecular flexibility index (Phi) is 4.79. The van der Waals surface area contributed by atoms with Gasteiger partial charge in [0.25, 0.3) is 5.91 Å². The first-order valence-electron chi connectivity index (χ1n) is 6.49. The van der Waals surface area contributed by atoms with E-state index in [-0.39, 0.29) is 12.5 Å². The van der Waals surface area contributed by atoms with Gasteiger partial charge in [0.15, 0.2) is 0 Å². The van der Waals surface area contributed by atoms with E-state index in [0.29, 0.717) is 25.3 Å². The maximum absolute atomic E-state index is 13.8. The van der Waals surface area contributed by atoms with Crippen LogP contribution in [0.25, 0.3) is 0 Å². The number of nitro benzene ring substituents is 1. The molecule has 8 heteroatoms. The van der Waals surface area contributed by atoms with Crippen molar-refractivity contribution in [2.75, 3.05) is 19.8 Å². The molecule has 1 aliphatic heterocycles. The van der Waals surface area contributed by atoms with Crippen LogP contribution in [0, 0.1) is 27.7 Å². The molecule has 0 aromatic heterocycles. The third kappa shape index (κ3) is 3.52. The number of amides is 1. The number of benzene rings is 1. The lowest BCUT2D eigenvalue weighted by molar-refractivity contribution is -0.387. The van der Waals surface area contributed by atoms with Crippen LogP contribution >= 0.6 is 0 Å². The van der Waals surface area contributed by atoms with Gasteiger partial charge in [-0.05, 0) is 24.8 Å².